The smallest absolute Gasteiger partial charge is 0.172 e. The van der Waals surface area contributed by atoms with Crippen LogP contribution in [0.3, 0.4) is 0 Å². The zero-order chi connectivity index (χ0) is 6.20. The largest absolute Gasteiger partial charge is 0.224 e. The van der Waals surface area contributed by atoms with Crippen molar-refractivity contribution in [3.8, 4) is 0 Å². The molecule has 2 nitrogen and oxygen atoms in total. The average molecular weight is 150 g/mol. The normalized spacial score (nSPS) is 33.4. The Morgan fingerprint density at radius 1 is 1.62 bits per heavy atom. The van der Waals surface area contributed by atoms with E-state index in [0.717, 1.165) is 0 Å². The summed E-state index contributed by atoms with van der Waals surface area (Å²) in [6.07, 6.45) is 1.58. The van der Waals surface area contributed by atoms with Crippen LogP contribution in [0.4, 0.5) is 0 Å². The summed E-state index contributed by atoms with van der Waals surface area (Å²) in [4.78, 5) is 0. The van der Waals surface area contributed by atoms with Crippen molar-refractivity contribution in [1.82, 2.24) is 0 Å². The Kier molecular flexibility index (Phi) is 1.37. The summed E-state index contributed by atoms with van der Waals surface area (Å²) in [6.45, 7) is 0. The van der Waals surface area contributed by atoms with Gasteiger partial charge in [-0.25, -0.2) is 8.42 Å². The number of rotatable bonds is 0. The van der Waals surface area contributed by atoms with Crippen LogP contribution < -0.4 is 0 Å². The molecule has 0 aromatic rings. The van der Waals surface area contributed by atoms with Crippen molar-refractivity contribution in [1.29, 1.82) is 0 Å². The van der Waals surface area contributed by atoms with Gasteiger partial charge >= 0.3 is 0 Å². The first-order chi connectivity index (χ1) is 3.60. The highest BCUT2D eigenvalue weighted by Crippen LogP contribution is 2.11. The summed E-state index contributed by atoms with van der Waals surface area (Å²) >= 11 is 3.94. The van der Waals surface area contributed by atoms with Crippen molar-refractivity contribution in [3.63, 3.8) is 0 Å². The first-order valence-electron chi connectivity index (χ1n) is 2.19. The molecule has 46 valence electrons. The van der Waals surface area contributed by atoms with Crippen LogP contribution in [0.25, 0.3) is 0 Å². The molecule has 0 amide bonds. The predicted molar refractivity (Wildman–Crippen MR) is 35.7 cm³/mol. The van der Waals surface area contributed by atoms with E-state index in [9.17, 15) is 8.42 Å². The molecular weight excluding hydrogens is 144 g/mol. The Balaban J connectivity index is 2.89. The molecule has 0 saturated carbocycles. The fourth-order valence-electron chi connectivity index (χ4n) is 0.560. The molecule has 1 aliphatic rings. The van der Waals surface area contributed by atoms with Gasteiger partial charge in [-0.2, -0.15) is 12.6 Å². The zero-order valence-corrected chi connectivity index (χ0v) is 5.82. The van der Waals surface area contributed by atoms with Crippen LogP contribution in [0.15, 0.2) is 11.5 Å². The van der Waals surface area contributed by atoms with Crippen LogP contribution >= 0.6 is 12.6 Å². The maximum Gasteiger partial charge on any atom is 0.172 e. The van der Waals surface area contributed by atoms with Crippen molar-refractivity contribution in [3.05, 3.63) is 11.5 Å². The molecule has 8 heavy (non-hydrogen) atoms. The SMILES string of the molecule is O=S1(=O)C=CC(S)C1. The van der Waals surface area contributed by atoms with Gasteiger partial charge in [0.2, 0.25) is 0 Å². The molecule has 1 aliphatic heterocycles. The van der Waals surface area contributed by atoms with E-state index < -0.39 is 9.84 Å². The van der Waals surface area contributed by atoms with E-state index in [-0.39, 0.29) is 11.0 Å². The molecule has 1 heterocycles. The summed E-state index contributed by atoms with van der Waals surface area (Å²) in [5.41, 5.74) is 0. The predicted octanol–water partition coefficient (Wildman–Crippen LogP) is 0.227. The van der Waals surface area contributed by atoms with Crippen molar-refractivity contribution >= 4 is 22.5 Å². The summed E-state index contributed by atoms with van der Waals surface area (Å²) in [7, 11) is -2.85. The molecule has 0 bridgehead atoms. The Morgan fingerprint density at radius 2 is 2.25 bits per heavy atom. The summed E-state index contributed by atoms with van der Waals surface area (Å²) in [5.74, 6) is 0.163. The lowest BCUT2D eigenvalue weighted by Crippen LogP contribution is -2.03. The number of hydrogen-bond donors (Lipinski definition) is 1. The van der Waals surface area contributed by atoms with Gasteiger partial charge < -0.3 is 0 Å². The Hall–Kier alpha value is 0.0400. The van der Waals surface area contributed by atoms with Crippen molar-refractivity contribution in [2.45, 2.75) is 5.25 Å². The van der Waals surface area contributed by atoms with Gasteiger partial charge in [0.1, 0.15) is 0 Å². The van der Waals surface area contributed by atoms with Crippen LogP contribution in [-0.4, -0.2) is 19.4 Å². The molecule has 4 heteroatoms. The zero-order valence-electron chi connectivity index (χ0n) is 4.11. The number of thiol groups is 1. The minimum atomic E-state index is -2.85. The highest BCUT2D eigenvalue weighted by atomic mass is 32.2. The van der Waals surface area contributed by atoms with E-state index in [0.29, 0.717) is 0 Å². The van der Waals surface area contributed by atoms with Crippen molar-refractivity contribution < 1.29 is 8.42 Å². The lowest BCUT2D eigenvalue weighted by atomic mass is 10.5. The third-order valence-electron chi connectivity index (χ3n) is 0.911. The molecule has 1 rings (SSSR count). The molecule has 0 aliphatic carbocycles. The minimum absolute atomic E-state index is 0.0833. The van der Waals surface area contributed by atoms with Gasteiger partial charge in [0.15, 0.2) is 9.84 Å². The monoisotopic (exact) mass is 150 g/mol. The Labute approximate surface area is 53.9 Å². The number of sulfone groups is 1. The van der Waals surface area contributed by atoms with Crippen LogP contribution in [0.5, 0.6) is 0 Å². The molecule has 0 radical (unpaired) electrons. The molecular formula is C4H6O2S2. The molecule has 0 aromatic carbocycles. The quantitative estimate of drug-likeness (QED) is 0.501. The van der Waals surface area contributed by atoms with E-state index >= 15 is 0 Å². The lowest BCUT2D eigenvalue weighted by molar-refractivity contribution is 0.606. The number of hydrogen-bond acceptors (Lipinski definition) is 3. The Morgan fingerprint density at radius 3 is 2.38 bits per heavy atom. The highest BCUT2D eigenvalue weighted by molar-refractivity contribution is 7.95. The third kappa shape index (κ3) is 1.26. The fraction of sp³-hybridized carbons (Fsp3) is 0.500. The molecule has 0 saturated heterocycles. The van der Waals surface area contributed by atoms with Crippen LogP contribution in [0, 0.1) is 0 Å². The molecule has 0 fully saturated rings. The fourth-order valence-corrected chi connectivity index (χ4v) is 2.51. The summed E-state index contributed by atoms with van der Waals surface area (Å²) in [6, 6.07) is 0. The van der Waals surface area contributed by atoms with E-state index in [1.165, 1.54) is 5.41 Å². The standard InChI is InChI=1S/C4H6O2S2/c5-8(6)2-1-4(7)3-8/h1-2,4,7H,3H2. The molecule has 1 unspecified atom stereocenters. The first-order valence-corrected chi connectivity index (χ1v) is 4.42. The minimum Gasteiger partial charge on any atom is -0.224 e. The summed E-state index contributed by atoms with van der Waals surface area (Å²) < 4.78 is 21.0. The second kappa shape index (κ2) is 1.77. The highest BCUT2D eigenvalue weighted by Gasteiger charge is 2.17. The van der Waals surface area contributed by atoms with Gasteiger partial charge in [0.25, 0.3) is 0 Å². The third-order valence-corrected chi connectivity index (χ3v) is 2.91. The van der Waals surface area contributed by atoms with E-state index in [1.807, 2.05) is 0 Å². The second-order valence-corrected chi connectivity index (χ2v) is 4.32. The van der Waals surface area contributed by atoms with Crippen LogP contribution in [-0.2, 0) is 9.84 Å². The van der Waals surface area contributed by atoms with Gasteiger partial charge in [0.05, 0.1) is 5.75 Å². The van der Waals surface area contributed by atoms with E-state index in [4.69, 9.17) is 0 Å². The van der Waals surface area contributed by atoms with Crippen LogP contribution in [0.1, 0.15) is 0 Å². The average Bonchev–Trinajstić information content (AvgIpc) is 1.82. The van der Waals surface area contributed by atoms with Gasteiger partial charge in [0, 0.05) is 10.7 Å². The van der Waals surface area contributed by atoms with Gasteiger partial charge in [-0.3, -0.25) is 0 Å². The van der Waals surface area contributed by atoms with Crippen molar-refractivity contribution in [2.24, 2.45) is 0 Å². The van der Waals surface area contributed by atoms with E-state index in [2.05, 4.69) is 12.6 Å². The molecule has 0 aromatic heterocycles. The Bertz CT molecular complexity index is 202. The van der Waals surface area contributed by atoms with Crippen LogP contribution in [0.2, 0.25) is 0 Å². The van der Waals surface area contributed by atoms with Gasteiger partial charge in [-0.15, -0.1) is 0 Å². The molecule has 1 atom stereocenters. The second-order valence-electron chi connectivity index (χ2n) is 1.73. The molecule has 0 spiro atoms. The summed E-state index contributed by atoms with van der Waals surface area (Å²) in [5, 5.41) is 1.13. The maximum atomic E-state index is 10.5. The van der Waals surface area contributed by atoms with Crippen molar-refractivity contribution in [2.75, 3.05) is 5.75 Å². The van der Waals surface area contributed by atoms with Gasteiger partial charge in [-0.05, 0) is 0 Å². The van der Waals surface area contributed by atoms with Gasteiger partial charge in [-0.1, -0.05) is 6.08 Å². The maximum absolute atomic E-state index is 10.5. The van der Waals surface area contributed by atoms with E-state index in [1.54, 1.807) is 6.08 Å². The first kappa shape index (κ1) is 6.16. The molecule has 0 N–H and O–H groups in total. The topological polar surface area (TPSA) is 34.1 Å². The lowest BCUT2D eigenvalue weighted by Gasteiger charge is -1.90.